The van der Waals surface area contributed by atoms with E-state index >= 15 is 0 Å². The molecule has 1 aliphatic rings. The van der Waals surface area contributed by atoms with Gasteiger partial charge in [-0.3, -0.25) is 15.1 Å². The van der Waals surface area contributed by atoms with E-state index < -0.39 is 5.97 Å². The Morgan fingerprint density at radius 2 is 1.81 bits per heavy atom. The maximum Gasteiger partial charge on any atom is 0.324 e. The number of carbonyl (C=O) groups excluding carboxylic acids is 1. The molecule has 0 spiro atoms. The predicted molar refractivity (Wildman–Crippen MR) is 103 cm³/mol. The monoisotopic (exact) mass is 366 g/mol. The summed E-state index contributed by atoms with van der Waals surface area (Å²) in [7, 11) is 1.77. The number of hydrogen-bond donors (Lipinski definition) is 3. The molecule has 7 heteroatoms. The Morgan fingerprint density at radius 1 is 1.19 bits per heavy atom. The maximum atomic E-state index is 12.7. The number of carbonyl (C=O) groups is 2. The largest absolute Gasteiger partial charge is 0.481 e. The van der Waals surface area contributed by atoms with Crippen LogP contribution < -0.4 is 10.6 Å². The molecule has 7 nitrogen and oxygen atoms in total. The van der Waals surface area contributed by atoms with Gasteiger partial charge in [-0.1, -0.05) is 24.3 Å². The van der Waals surface area contributed by atoms with E-state index in [0.29, 0.717) is 18.5 Å². The fourth-order valence-electron chi connectivity index (χ4n) is 3.22. The molecule has 2 aromatic rings. The molecule has 1 unspecified atom stereocenters. The van der Waals surface area contributed by atoms with Crippen LogP contribution in [0, 0.1) is 5.41 Å². The molecular formula is C20H22N4O3. The van der Waals surface area contributed by atoms with Crippen LogP contribution in [0.1, 0.15) is 29.2 Å². The van der Waals surface area contributed by atoms with Gasteiger partial charge in [0.05, 0.1) is 12.6 Å². The van der Waals surface area contributed by atoms with Gasteiger partial charge in [-0.05, 0) is 41.8 Å². The van der Waals surface area contributed by atoms with Gasteiger partial charge in [-0.15, -0.1) is 0 Å². The SMILES string of the molecule is CN1C(=O)N(c2ccc(C(=N)N)cc2)CC1c1ccc(CCC(=O)O)cc1. The van der Waals surface area contributed by atoms with E-state index in [-0.39, 0.29) is 24.3 Å². The molecule has 1 fully saturated rings. The first-order chi connectivity index (χ1) is 12.9. The minimum absolute atomic E-state index is 0.00715. The summed E-state index contributed by atoms with van der Waals surface area (Å²) >= 11 is 0. The second-order valence-corrected chi connectivity index (χ2v) is 6.62. The summed E-state index contributed by atoms with van der Waals surface area (Å²) < 4.78 is 0. The predicted octanol–water partition coefficient (Wildman–Crippen LogP) is 2.60. The summed E-state index contributed by atoms with van der Waals surface area (Å²) in [4.78, 5) is 26.8. The van der Waals surface area contributed by atoms with Crippen molar-refractivity contribution in [1.82, 2.24) is 4.90 Å². The van der Waals surface area contributed by atoms with Crippen LogP contribution >= 0.6 is 0 Å². The lowest BCUT2D eigenvalue weighted by Crippen LogP contribution is -2.29. The third-order valence-corrected chi connectivity index (χ3v) is 4.84. The number of nitrogens with two attached hydrogens (primary N) is 1. The number of amidine groups is 1. The molecule has 27 heavy (non-hydrogen) atoms. The van der Waals surface area contributed by atoms with Crippen molar-refractivity contribution in [3.05, 3.63) is 65.2 Å². The number of aryl methyl sites for hydroxylation is 1. The summed E-state index contributed by atoms with van der Waals surface area (Å²) in [5.41, 5.74) is 8.83. The number of urea groups is 1. The van der Waals surface area contributed by atoms with Gasteiger partial charge in [0.2, 0.25) is 0 Å². The Hall–Kier alpha value is -3.35. The van der Waals surface area contributed by atoms with Gasteiger partial charge < -0.3 is 15.7 Å². The summed E-state index contributed by atoms with van der Waals surface area (Å²) in [5.74, 6) is -0.820. The molecule has 3 rings (SSSR count). The number of benzene rings is 2. The fourth-order valence-corrected chi connectivity index (χ4v) is 3.22. The standard InChI is InChI=1S/C20H22N4O3/c1-23-17(14-5-2-13(3-6-14)4-11-18(25)26)12-24(20(23)27)16-9-7-15(8-10-16)19(21)22/h2-3,5-10,17H,4,11-12H2,1H3,(H3,21,22)(H,25,26). The zero-order valence-corrected chi connectivity index (χ0v) is 15.1. The molecule has 2 amide bonds. The molecule has 2 aromatic carbocycles. The lowest BCUT2D eigenvalue weighted by Gasteiger charge is -2.18. The Morgan fingerprint density at radius 3 is 2.37 bits per heavy atom. The van der Waals surface area contributed by atoms with Crippen molar-refractivity contribution < 1.29 is 14.7 Å². The minimum atomic E-state index is -0.813. The summed E-state index contributed by atoms with van der Waals surface area (Å²) in [5, 5.41) is 16.2. The molecule has 1 atom stereocenters. The molecule has 0 radical (unpaired) electrons. The summed E-state index contributed by atoms with van der Waals surface area (Å²) in [6.45, 7) is 0.517. The van der Waals surface area contributed by atoms with E-state index in [9.17, 15) is 9.59 Å². The van der Waals surface area contributed by atoms with Gasteiger partial charge in [0, 0.05) is 24.7 Å². The normalized spacial score (nSPS) is 16.6. The molecule has 1 saturated heterocycles. The smallest absolute Gasteiger partial charge is 0.324 e. The zero-order valence-electron chi connectivity index (χ0n) is 15.1. The van der Waals surface area contributed by atoms with Crippen molar-refractivity contribution in [2.45, 2.75) is 18.9 Å². The lowest BCUT2D eigenvalue weighted by atomic mass is 10.0. The number of carboxylic acids is 1. The Kier molecular flexibility index (Phi) is 5.12. The van der Waals surface area contributed by atoms with Gasteiger partial charge in [0.15, 0.2) is 0 Å². The highest BCUT2D eigenvalue weighted by molar-refractivity contribution is 5.97. The van der Waals surface area contributed by atoms with Gasteiger partial charge in [0.25, 0.3) is 0 Å². The number of likely N-dealkylation sites (N-methyl/N-ethyl adjacent to an activating group) is 1. The number of amides is 2. The van der Waals surface area contributed by atoms with Gasteiger partial charge in [-0.25, -0.2) is 4.79 Å². The number of hydrogen-bond acceptors (Lipinski definition) is 3. The molecule has 0 aliphatic carbocycles. The van der Waals surface area contributed by atoms with Crippen LogP contribution in [0.25, 0.3) is 0 Å². The highest BCUT2D eigenvalue weighted by Crippen LogP contribution is 2.32. The summed E-state index contributed by atoms with van der Waals surface area (Å²) in [6, 6.07) is 14.6. The Bertz CT molecular complexity index is 862. The third kappa shape index (κ3) is 3.92. The van der Waals surface area contributed by atoms with E-state index in [1.807, 2.05) is 24.3 Å². The van der Waals surface area contributed by atoms with E-state index in [1.165, 1.54) is 0 Å². The minimum Gasteiger partial charge on any atom is -0.481 e. The van der Waals surface area contributed by atoms with Crippen molar-refractivity contribution in [3.8, 4) is 0 Å². The highest BCUT2D eigenvalue weighted by atomic mass is 16.4. The van der Waals surface area contributed by atoms with Crippen molar-refractivity contribution in [2.75, 3.05) is 18.5 Å². The van der Waals surface area contributed by atoms with Crippen LogP contribution in [0.2, 0.25) is 0 Å². The average Bonchev–Trinajstić information content (AvgIpc) is 2.96. The number of nitrogens with zero attached hydrogens (tertiary/aromatic N) is 2. The fraction of sp³-hybridized carbons (Fsp3) is 0.250. The number of nitrogens with one attached hydrogen (secondary N) is 1. The molecule has 0 aromatic heterocycles. The van der Waals surface area contributed by atoms with Gasteiger partial charge >= 0.3 is 12.0 Å². The first-order valence-electron chi connectivity index (χ1n) is 8.66. The van der Waals surface area contributed by atoms with Crippen molar-refractivity contribution in [3.63, 3.8) is 0 Å². The molecule has 1 aliphatic heterocycles. The van der Waals surface area contributed by atoms with Crippen molar-refractivity contribution in [2.24, 2.45) is 5.73 Å². The lowest BCUT2D eigenvalue weighted by molar-refractivity contribution is -0.136. The van der Waals surface area contributed by atoms with Crippen LogP contribution in [-0.2, 0) is 11.2 Å². The number of rotatable bonds is 6. The summed E-state index contributed by atoms with van der Waals surface area (Å²) in [6.07, 6.45) is 0.592. The quantitative estimate of drug-likeness (QED) is 0.539. The first kappa shape index (κ1) is 18.4. The Labute approximate surface area is 157 Å². The highest BCUT2D eigenvalue weighted by Gasteiger charge is 2.36. The number of carboxylic acid groups (broad SMARTS) is 1. The zero-order chi connectivity index (χ0) is 19.6. The van der Waals surface area contributed by atoms with E-state index in [2.05, 4.69) is 0 Å². The third-order valence-electron chi connectivity index (χ3n) is 4.84. The molecule has 0 saturated carbocycles. The Balaban J connectivity index is 1.75. The van der Waals surface area contributed by atoms with Crippen LogP contribution in [0.5, 0.6) is 0 Å². The number of aliphatic carboxylic acids is 1. The number of anilines is 1. The van der Waals surface area contributed by atoms with Crippen LogP contribution in [0.3, 0.4) is 0 Å². The topological polar surface area (TPSA) is 111 Å². The molecule has 4 N–H and O–H groups in total. The molecule has 1 heterocycles. The van der Waals surface area contributed by atoms with E-state index in [4.69, 9.17) is 16.2 Å². The molecule has 0 bridgehead atoms. The maximum absolute atomic E-state index is 12.7. The van der Waals surface area contributed by atoms with Crippen molar-refractivity contribution >= 4 is 23.5 Å². The first-order valence-corrected chi connectivity index (χ1v) is 8.66. The number of nitrogen functional groups attached to an aromatic ring is 1. The second-order valence-electron chi connectivity index (χ2n) is 6.62. The van der Waals surface area contributed by atoms with E-state index in [0.717, 1.165) is 16.8 Å². The van der Waals surface area contributed by atoms with Gasteiger partial charge in [-0.2, -0.15) is 0 Å². The molecular weight excluding hydrogens is 344 g/mol. The van der Waals surface area contributed by atoms with Crippen LogP contribution in [0.4, 0.5) is 10.5 Å². The van der Waals surface area contributed by atoms with E-state index in [1.54, 1.807) is 41.1 Å². The van der Waals surface area contributed by atoms with Crippen LogP contribution in [0.15, 0.2) is 48.5 Å². The second kappa shape index (κ2) is 7.49. The van der Waals surface area contributed by atoms with Gasteiger partial charge in [0.1, 0.15) is 5.84 Å². The molecule has 140 valence electrons. The average molecular weight is 366 g/mol. The van der Waals surface area contributed by atoms with Crippen molar-refractivity contribution in [1.29, 1.82) is 5.41 Å². The van der Waals surface area contributed by atoms with Crippen LogP contribution in [-0.4, -0.2) is 41.4 Å².